The molecule has 10 nitrogen and oxygen atoms in total. The molecular formula is C29H53N5O5. The van der Waals surface area contributed by atoms with Crippen LogP contribution >= 0.6 is 0 Å². The number of nitrogens with two attached hydrogens (primary N) is 2. The maximum atomic E-state index is 13.5. The van der Waals surface area contributed by atoms with Crippen LogP contribution in [0.25, 0.3) is 0 Å². The van der Waals surface area contributed by atoms with Crippen molar-refractivity contribution in [2.24, 2.45) is 47.0 Å². The van der Waals surface area contributed by atoms with Crippen molar-refractivity contribution < 1.29 is 24.0 Å². The van der Waals surface area contributed by atoms with Crippen LogP contribution in [0, 0.1) is 35.5 Å². The highest BCUT2D eigenvalue weighted by molar-refractivity contribution is 5.87. The van der Waals surface area contributed by atoms with E-state index < -0.39 is 18.0 Å². The molecule has 2 saturated carbocycles. The normalized spacial score (nSPS) is 34.8. The number of ether oxygens (including phenoxy) is 1. The van der Waals surface area contributed by atoms with Crippen LogP contribution < -0.4 is 16.8 Å². The molecule has 0 bridgehead atoms. The molecule has 6 unspecified atom stereocenters. The second-order valence-corrected chi connectivity index (χ2v) is 12.8. The van der Waals surface area contributed by atoms with E-state index in [1.807, 2.05) is 18.9 Å². The second-order valence-electron chi connectivity index (χ2n) is 12.8. The summed E-state index contributed by atoms with van der Waals surface area (Å²) < 4.78 is 6.19. The average Bonchev–Trinajstić information content (AvgIpc) is 3.30. The lowest BCUT2D eigenvalue weighted by Gasteiger charge is -2.47. The lowest BCUT2D eigenvalue weighted by molar-refractivity contribution is -0.167. The number of methoxy groups -OCH3 is 1. The summed E-state index contributed by atoms with van der Waals surface area (Å²) in [6.45, 7) is 7.24. The fraction of sp³-hybridized carbons (Fsp3) is 0.897. The molecule has 1 saturated heterocycles. The lowest BCUT2D eigenvalue weighted by Crippen LogP contribution is -2.52. The molecule has 2 aliphatic carbocycles. The zero-order valence-electron chi connectivity index (χ0n) is 24.9. The number of carbonyl (C=O) groups excluding carboxylic acids is 3. The van der Waals surface area contributed by atoms with Gasteiger partial charge in [0.1, 0.15) is 12.1 Å². The van der Waals surface area contributed by atoms with Crippen molar-refractivity contribution in [3.05, 3.63) is 0 Å². The summed E-state index contributed by atoms with van der Waals surface area (Å²) in [6, 6.07) is -0.786. The van der Waals surface area contributed by atoms with Crippen LogP contribution in [-0.4, -0.2) is 86.3 Å². The molecule has 1 heterocycles. The molecule has 0 aromatic carbocycles. The molecule has 3 fully saturated rings. The fourth-order valence-electron chi connectivity index (χ4n) is 7.40. The van der Waals surface area contributed by atoms with Crippen molar-refractivity contribution in [2.75, 3.05) is 34.4 Å². The van der Waals surface area contributed by atoms with Gasteiger partial charge in [-0.3, -0.25) is 19.2 Å². The van der Waals surface area contributed by atoms with E-state index in [1.165, 1.54) is 0 Å². The van der Waals surface area contributed by atoms with Gasteiger partial charge in [0.2, 0.25) is 17.7 Å². The fourth-order valence-corrected chi connectivity index (χ4v) is 7.40. The number of hydrogen-bond donors (Lipinski definition) is 3. The summed E-state index contributed by atoms with van der Waals surface area (Å²) in [4.78, 5) is 45.9. The molecule has 0 radical (unpaired) electrons. The largest absolute Gasteiger partial charge is 0.381 e. The SMILES string of the molecule is CC[C@H]1CON(CC2CCCC(C3CC(C(=O)N[C@H](CC(C)C)C(N)=O)CC(N(C)C)C3)C2OC)[C@@H]1C(N)=O. The van der Waals surface area contributed by atoms with Gasteiger partial charge in [0.05, 0.1) is 12.7 Å². The third-order valence-electron chi connectivity index (χ3n) is 9.51. The number of hydroxylamine groups is 2. The molecule has 0 spiro atoms. The maximum absolute atomic E-state index is 13.5. The first-order chi connectivity index (χ1) is 18.5. The molecule has 1 aliphatic heterocycles. The minimum atomic E-state index is -0.646. The minimum absolute atomic E-state index is 0.00508. The van der Waals surface area contributed by atoms with Gasteiger partial charge >= 0.3 is 0 Å². The Hall–Kier alpha value is -1.75. The monoisotopic (exact) mass is 551 g/mol. The van der Waals surface area contributed by atoms with E-state index in [9.17, 15) is 14.4 Å². The van der Waals surface area contributed by atoms with E-state index in [-0.39, 0.29) is 47.6 Å². The van der Waals surface area contributed by atoms with E-state index in [4.69, 9.17) is 21.0 Å². The predicted molar refractivity (Wildman–Crippen MR) is 150 cm³/mol. The molecule has 9 atom stereocenters. The Morgan fingerprint density at radius 3 is 2.38 bits per heavy atom. The van der Waals surface area contributed by atoms with Gasteiger partial charge < -0.3 is 26.4 Å². The Labute approximate surface area is 234 Å². The first-order valence-electron chi connectivity index (χ1n) is 14.9. The van der Waals surface area contributed by atoms with E-state index in [0.29, 0.717) is 31.4 Å². The predicted octanol–water partition coefficient (Wildman–Crippen LogP) is 1.91. The third kappa shape index (κ3) is 7.93. The topological polar surface area (TPSA) is 140 Å². The van der Waals surface area contributed by atoms with Crippen LogP contribution in [0.1, 0.15) is 72.1 Å². The number of carbonyl (C=O) groups is 3. The Kier molecular flexibility index (Phi) is 11.6. The summed E-state index contributed by atoms with van der Waals surface area (Å²) >= 11 is 0. The summed E-state index contributed by atoms with van der Waals surface area (Å²) in [7, 11) is 5.92. The van der Waals surface area contributed by atoms with Crippen molar-refractivity contribution in [3.63, 3.8) is 0 Å². The Balaban J connectivity index is 1.75. The van der Waals surface area contributed by atoms with Gasteiger partial charge in [-0.1, -0.05) is 27.2 Å². The lowest BCUT2D eigenvalue weighted by atomic mass is 9.65. The van der Waals surface area contributed by atoms with Crippen molar-refractivity contribution in [1.29, 1.82) is 0 Å². The van der Waals surface area contributed by atoms with Crippen LogP contribution in [-0.2, 0) is 24.0 Å². The van der Waals surface area contributed by atoms with Gasteiger partial charge in [-0.2, -0.15) is 5.06 Å². The molecule has 3 aliphatic rings. The van der Waals surface area contributed by atoms with Crippen LogP contribution in [0.2, 0.25) is 0 Å². The van der Waals surface area contributed by atoms with Crippen molar-refractivity contribution in [1.82, 2.24) is 15.3 Å². The van der Waals surface area contributed by atoms with E-state index in [2.05, 4.69) is 31.2 Å². The van der Waals surface area contributed by atoms with Crippen LogP contribution in [0.3, 0.4) is 0 Å². The van der Waals surface area contributed by atoms with Crippen LogP contribution in [0.5, 0.6) is 0 Å². The Morgan fingerprint density at radius 2 is 1.82 bits per heavy atom. The van der Waals surface area contributed by atoms with Gasteiger partial charge in [0.25, 0.3) is 0 Å². The number of nitrogens with zero attached hydrogens (tertiary/aromatic N) is 2. The number of primary amides is 2. The Morgan fingerprint density at radius 1 is 1.10 bits per heavy atom. The maximum Gasteiger partial charge on any atom is 0.240 e. The van der Waals surface area contributed by atoms with Crippen molar-refractivity contribution >= 4 is 17.7 Å². The quantitative estimate of drug-likeness (QED) is 0.337. The first-order valence-corrected chi connectivity index (χ1v) is 14.9. The molecule has 3 amide bonds. The minimum Gasteiger partial charge on any atom is -0.381 e. The first kappa shape index (κ1) is 31.8. The zero-order valence-corrected chi connectivity index (χ0v) is 24.9. The smallest absolute Gasteiger partial charge is 0.240 e. The number of amides is 3. The van der Waals surface area contributed by atoms with Crippen molar-refractivity contribution in [3.8, 4) is 0 Å². The van der Waals surface area contributed by atoms with E-state index >= 15 is 0 Å². The summed E-state index contributed by atoms with van der Waals surface area (Å²) in [5.41, 5.74) is 11.4. The average molecular weight is 552 g/mol. The Bertz CT molecular complexity index is 839. The summed E-state index contributed by atoms with van der Waals surface area (Å²) in [6.07, 6.45) is 7.03. The standard InChI is InChI=1S/C29H53N5O5/c1-7-18-16-39-34(25(18)28(31)36)15-19-9-8-10-23(26(19)38-6)20-12-21(14-22(13-20)33(4)5)29(37)32-24(27(30)35)11-17(2)3/h17-26H,7-16H2,1-6H3,(H2,30,35)(H2,31,36)(H,32,37)/t18-,19?,20?,21?,22?,23?,24+,25-,26?/m0/s1. The highest BCUT2D eigenvalue weighted by atomic mass is 16.7. The van der Waals surface area contributed by atoms with Crippen molar-refractivity contribution in [2.45, 2.75) is 96.4 Å². The molecular weight excluding hydrogens is 498 g/mol. The van der Waals surface area contributed by atoms with Gasteiger partial charge in [0, 0.05) is 37.5 Å². The van der Waals surface area contributed by atoms with Crippen LogP contribution in [0.15, 0.2) is 0 Å². The molecule has 10 heteroatoms. The van der Waals surface area contributed by atoms with Gasteiger partial charge in [-0.25, -0.2) is 0 Å². The van der Waals surface area contributed by atoms with Gasteiger partial charge in [-0.15, -0.1) is 0 Å². The molecule has 0 aromatic heterocycles. The summed E-state index contributed by atoms with van der Waals surface area (Å²) in [5.74, 6) is 0.109. The molecule has 0 aromatic rings. The number of rotatable bonds is 12. The van der Waals surface area contributed by atoms with E-state index in [0.717, 1.165) is 44.9 Å². The highest BCUT2D eigenvalue weighted by Gasteiger charge is 2.46. The summed E-state index contributed by atoms with van der Waals surface area (Å²) in [5, 5.41) is 4.79. The van der Waals surface area contributed by atoms with Crippen LogP contribution in [0.4, 0.5) is 0 Å². The molecule has 224 valence electrons. The zero-order chi connectivity index (χ0) is 28.9. The van der Waals surface area contributed by atoms with Gasteiger partial charge in [-0.05, 0) is 76.8 Å². The van der Waals surface area contributed by atoms with Gasteiger partial charge in [0.15, 0.2) is 0 Å². The molecule has 5 N–H and O–H groups in total. The highest BCUT2D eigenvalue weighted by Crippen LogP contribution is 2.45. The number of hydrogen-bond acceptors (Lipinski definition) is 7. The molecule has 3 rings (SSSR count). The second kappa shape index (κ2) is 14.2. The third-order valence-corrected chi connectivity index (χ3v) is 9.51. The molecule has 39 heavy (non-hydrogen) atoms. The van der Waals surface area contributed by atoms with E-state index in [1.54, 1.807) is 7.11 Å². The number of nitrogens with one attached hydrogen (secondary N) is 1.